The van der Waals surface area contributed by atoms with Gasteiger partial charge in [0.25, 0.3) is 0 Å². The summed E-state index contributed by atoms with van der Waals surface area (Å²) in [7, 11) is 0. The van der Waals surface area contributed by atoms with Gasteiger partial charge in [-0.25, -0.2) is 0 Å². The fourth-order valence-electron chi connectivity index (χ4n) is 2.57. The van der Waals surface area contributed by atoms with E-state index in [1.807, 2.05) is 0 Å². The molecule has 0 unspecified atom stereocenters. The molecule has 2 aliphatic rings. The maximum absolute atomic E-state index is 5.36. The fourth-order valence-corrected chi connectivity index (χ4v) is 2.57. The van der Waals surface area contributed by atoms with Crippen LogP contribution in [0.15, 0.2) is 0 Å². The first-order valence-corrected chi connectivity index (χ1v) is 6.84. The summed E-state index contributed by atoms with van der Waals surface area (Å²) in [6, 6.07) is 2.28. The Kier molecular flexibility index (Phi) is 4.62. The molecule has 16 heavy (non-hydrogen) atoms. The van der Waals surface area contributed by atoms with E-state index in [4.69, 9.17) is 4.74 Å². The van der Waals surface area contributed by atoms with Gasteiger partial charge in [0, 0.05) is 44.4 Å². The molecule has 3 nitrogen and oxygen atoms in total. The molecule has 0 spiro atoms. The molecule has 1 N–H and O–H groups in total. The molecular weight excluding hydrogens is 200 g/mol. The van der Waals surface area contributed by atoms with Crippen molar-refractivity contribution in [3.05, 3.63) is 0 Å². The minimum absolute atomic E-state index is 0.696. The highest BCUT2D eigenvalue weighted by Crippen LogP contribution is 2.27. The van der Waals surface area contributed by atoms with E-state index >= 15 is 0 Å². The molecule has 0 aromatic carbocycles. The average molecular weight is 226 g/mol. The molecule has 2 rings (SSSR count). The normalized spacial score (nSPS) is 23.2. The van der Waals surface area contributed by atoms with Gasteiger partial charge in [-0.2, -0.15) is 0 Å². The summed E-state index contributed by atoms with van der Waals surface area (Å²) in [5, 5.41) is 3.67. The summed E-state index contributed by atoms with van der Waals surface area (Å²) < 4.78 is 5.36. The molecule has 94 valence electrons. The standard InChI is InChI=1S/C13H26N2O/c1-11(2)15(13-3-4-13)8-7-14-12-5-9-16-10-6-12/h11-14H,3-10H2,1-2H3. The second kappa shape index (κ2) is 5.99. The number of ether oxygens (including phenoxy) is 1. The van der Waals surface area contributed by atoms with E-state index in [-0.39, 0.29) is 0 Å². The lowest BCUT2D eigenvalue weighted by Gasteiger charge is -2.28. The summed E-state index contributed by atoms with van der Waals surface area (Å²) in [4.78, 5) is 2.65. The van der Waals surface area contributed by atoms with Crippen molar-refractivity contribution >= 4 is 0 Å². The predicted octanol–water partition coefficient (Wildman–Crippen LogP) is 1.63. The molecule has 0 radical (unpaired) electrons. The van der Waals surface area contributed by atoms with E-state index in [2.05, 4.69) is 24.1 Å². The van der Waals surface area contributed by atoms with Crippen LogP contribution in [0.1, 0.15) is 39.5 Å². The molecule has 3 heteroatoms. The number of hydrogen-bond donors (Lipinski definition) is 1. The second-order valence-corrected chi connectivity index (χ2v) is 5.40. The fraction of sp³-hybridized carbons (Fsp3) is 1.00. The molecule has 0 bridgehead atoms. The molecule has 1 saturated heterocycles. The van der Waals surface area contributed by atoms with E-state index < -0.39 is 0 Å². The van der Waals surface area contributed by atoms with Gasteiger partial charge in [-0.15, -0.1) is 0 Å². The summed E-state index contributed by atoms with van der Waals surface area (Å²) in [6.45, 7) is 8.85. The highest BCUT2D eigenvalue weighted by atomic mass is 16.5. The van der Waals surface area contributed by atoms with Crippen LogP contribution >= 0.6 is 0 Å². The van der Waals surface area contributed by atoms with E-state index in [0.29, 0.717) is 12.1 Å². The van der Waals surface area contributed by atoms with E-state index in [1.165, 1.54) is 32.2 Å². The van der Waals surface area contributed by atoms with Gasteiger partial charge in [0.2, 0.25) is 0 Å². The predicted molar refractivity (Wildman–Crippen MR) is 66.7 cm³/mol. The van der Waals surface area contributed by atoms with Gasteiger partial charge in [0.15, 0.2) is 0 Å². The van der Waals surface area contributed by atoms with Crippen molar-refractivity contribution in [1.82, 2.24) is 10.2 Å². The lowest BCUT2D eigenvalue weighted by Crippen LogP contribution is -2.42. The topological polar surface area (TPSA) is 24.5 Å². The van der Waals surface area contributed by atoms with Crippen LogP contribution in [0.3, 0.4) is 0 Å². The Morgan fingerprint density at radius 1 is 1.19 bits per heavy atom. The van der Waals surface area contributed by atoms with Crippen LogP contribution in [0.4, 0.5) is 0 Å². The van der Waals surface area contributed by atoms with Crippen molar-refractivity contribution in [1.29, 1.82) is 0 Å². The summed E-state index contributed by atoms with van der Waals surface area (Å²) in [5.74, 6) is 0. The maximum atomic E-state index is 5.36. The van der Waals surface area contributed by atoms with Crippen LogP contribution in [0.2, 0.25) is 0 Å². The Labute approximate surface area is 99.5 Å². The number of hydrogen-bond acceptors (Lipinski definition) is 3. The lowest BCUT2D eigenvalue weighted by molar-refractivity contribution is 0.0766. The summed E-state index contributed by atoms with van der Waals surface area (Å²) in [5.41, 5.74) is 0. The lowest BCUT2D eigenvalue weighted by atomic mass is 10.1. The Morgan fingerprint density at radius 3 is 2.44 bits per heavy atom. The smallest absolute Gasteiger partial charge is 0.0480 e. The van der Waals surface area contributed by atoms with Crippen LogP contribution in [0.5, 0.6) is 0 Å². The molecule has 1 aliphatic heterocycles. The highest BCUT2D eigenvalue weighted by molar-refractivity contribution is 4.86. The van der Waals surface area contributed by atoms with Crippen molar-refractivity contribution in [3.8, 4) is 0 Å². The Balaban J connectivity index is 1.61. The van der Waals surface area contributed by atoms with Gasteiger partial charge in [0.05, 0.1) is 0 Å². The summed E-state index contributed by atoms with van der Waals surface area (Å²) >= 11 is 0. The molecular formula is C13H26N2O. The average Bonchev–Trinajstić information content (AvgIpc) is 3.09. The third-order valence-corrected chi connectivity index (χ3v) is 3.70. The van der Waals surface area contributed by atoms with Crippen LogP contribution in [-0.2, 0) is 4.74 Å². The van der Waals surface area contributed by atoms with Crippen molar-refractivity contribution in [3.63, 3.8) is 0 Å². The number of rotatable bonds is 6. The van der Waals surface area contributed by atoms with Crippen LogP contribution < -0.4 is 5.32 Å². The Morgan fingerprint density at radius 2 is 1.88 bits per heavy atom. The zero-order chi connectivity index (χ0) is 11.4. The van der Waals surface area contributed by atoms with E-state index in [1.54, 1.807) is 0 Å². The van der Waals surface area contributed by atoms with Crippen LogP contribution in [-0.4, -0.2) is 49.3 Å². The van der Waals surface area contributed by atoms with Gasteiger partial charge >= 0.3 is 0 Å². The first kappa shape index (κ1) is 12.3. The molecule has 1 saturated carbocycles. The van der Waals surface area contributed by atoms with Crippen molar-refractivity contribution in [2.75, 3.05) is 26.3 Å². The summed E-state index contributed by atoms with van der Waals surface area (Å²) in [6.07, 6.45) is 5.20. The molecule has 2 fully saturated rings. The van der Waals surface area contributed by atoms with Gasteiger partial charge in [-0.05, 0) is 39.5 Å². The molecule has 1 aliphatic carbocycles. The second-order valence-electron chi connectivity index (χ2n) is 5.40. The highest BCUT2D eigenvalue weighted by Gasteiger charge is 2.30. The first-order chi connectivity index (χ1) is 7.77. The third-order valence-electron chi connectivity index (χ3n) is 3.70. The Hall–Kier alpha value is -0.120. The van der Waals surface area contributed by atoms with E-state index in [0.717, 1.165) is 25.8 Å². The third kappa shape index (κ3) is 3.72. The van der Waals surface area contributed by atoms with Crippen molar-refractivity contribution in [2.24, 2.45) is 0 Å². The molecule has 0 atom stereocenters. The minimum Gasteiger partial charge on any atom is -0.381 e. The zero-order valence-electron chi connectivity index (χ0n) is 10.7. The zero-order valence-corrected chi connectivity index (χ0v) is 10.7. The van der Waals surface area contributed by atoms with Crippen LogP contribution in [0, 0.1) is 0 Å². The van der Waals surface area contributed by atoms with Crippen LogP contribution in [0.25, 0.3) is 0 Å². The van der Waals surface area contributed by atoms with Gasteiger partial charge in [-0.3, -0.25) is 4.90 Å². The van der Waals surface area contributed by atoms with Crippen molar-refractivity contribution in [2.45, 2.75) is 57.7 Å². The quantitative estimate of drug-likeness (QED) is 0.745. The monoisotopic (exact) mass is 226 g/mol. The van der Waals surface area contributed by atoms with Crippen molar-refractivity contribution < 1.29 is 4.74 Å². The molecule has 0 aromatic heterocycles. The molecule has 1 heterocycles. The van der Waals surface area contributed by atoms with Gasteiger partial charge < -0.3 is 10.1 Å². The van der Waals surface area contributed by atoms with Gasteiger partial charge in [-0.1, -0.05) is 0 Å². The molecule has 0 amide bonds. The SMILES string of the molecule is CC(C)N(CCNC1CCOCC1)C1CC1. The van der Waals surface area contributed by atoms with E-state index in [9.17, 15) is 0 Å². The number of nitrogens with zero attached hydrogens (tertiary/aromatic N) is 1. The van der Waals surface area contributed by atoms with Gasteiger partial charge in [0.1, 0.15) is 0 Å². The minimum atomic E-state index is 0.696. The molecule has 0 aromatic rings. The first-order valence-electron chi connectivity index (χ1n) is 6.84. The largest absolute Gasteiger partial charge is 0.381 e. The number of nitrogens with one attached hydrogen (secondary N) is 1. The Bertz CT molecular complexity index is 196. The maximum Gasteiger partial charge on any atom is 0.0480 e.